The van der Waals surface area contributed by atoms with E-state index in [9.17, 15) is 19.5 Å². The zero-order valence-electron chi connectivity index (χ0n) is 25.0. The van der Waals surface area contributed by atoms with Crippen molar-refractivity contribution in [2.45, 2.75) is 130 Å². The first-order valence-electron chi connectivity index (χ1n) is 15.2. The summed E-state index contributed by atoms with van der Waals surface area (Å²) < 4.78 is 18.5. The Hall–Kier alpha value is -1.89. The molecule has 0 spiro atoms. The van der Waals surface area contributed by atoms with Crippen LogP contribution in [0.15, 0.2) is 11.6 Å². The zero-order valence-corrected chi connectivity index (χ0v) is 25.0. The predicted octanol–water partition coefficient (Wildman–Crippen LogP) is 5.77. The molecule has 220 valence electrons. The fraction of sp³-hybridized carbons (Fsp3) is 0.844. The van der Waals surface area contributed by atoms with E-state index >= 15 is 0 Å². The lowest BCUT2D eigenvalue weighted by atomic mass is 9.48. The third-order valence-electron chi connectivity index (χ3n) is 10.6. The van der Waals surface area contributed by atoms with E-state index in [-0.39, 0.29) is 59.0 Å². The largest absolute Gasteiger partial charge is 0.462 e. The fourth-order valence-electron chi connectivity index (χ4n) is 9.16. The average Bonchev–Trinajstić information content (AvgIpc) is 3.12. The van der Waals surface area contributed by atoms with Crippen LogP contribution in [0.1, 0.15) is 106 Å². The molecule has 10 atom stereocenters. The summed E-state index contributed by atoms with van der Waals surface area (Å²) in [6.45, 7) is 13.4. The molecular formula is C32H50O7. The van der Waals surface area contributed by atoms with Crippen molar-refractivity contribution < 1.29 is 33.7 Å². The molecule has 1 N–H and O–H groups in total. The van der Waals surface area contributed by atoms with Gasteiger partial charge in [-0.25, -0.2) is 0 Å². The molecule has 4 aliphatic carbocycles. The molecule has 7 nitrogen and oxygen atoms in total. The van der Waals surface area contributed by atoms with Gasteiger partial charge in [0.15, 0.2) is 0 Å². The van der Waals surface area contributed by atoms with E-state index in [2.05, 4.69) is 33.8 Å². The highest BCUT2D eigenvalue weighted by atomic mass is 16.6. The molecule has 0 aromatic heterocycles. The van der Waals surface area contributed by atoms with Crippen LogP contribution in [0.2, 0.25) is 0 Å². The molecule has 0 amide bonds. The van der Waals surface area contributed by atoms with Crippen molar-refractivity contribution in [3.05, 3.63) is 11.6 Å². The Labute approximate surface area is 234 Å². The minimum atomic E-state index is -0.779. The highest BCUT2D eigenvalue weighted by Gasteiger charge is 2.69. The first-order valence-corrected chi connectivity index (χ1v) is 15.2. The highest BCUT2D eigenvalue weighted by Crippen LogP contribution is 2.66. The van der Waals surface area contributed by atoms with Gasteiger partial charge in [-0.1, -0.05) is 52.5 Å². The van der Waals surface area contributed by atoms with Crippen LogP contribution in [0.3, 0.4) is 0 Å². The van der Waals surface area contributed by atoms with Gasteiger partial charge in [0.05, 0.1) is 6.10 Å². The van der Waals surface area contributed by atoms with Crippen molar-refractivity contribution in [3.8, 4) is 0 Å². The number of carbonyl (C=O) groups excluding carboxylic acids is 3. The minimum Gasteiger partial charge on any atom is -0.462 e. The van der Waals surface area contributed by atoms with Gasteiger partial charge >= 0.3 is 17.9 Å². The quantitative estimate of drug-likeness (QED) is 0.234. The average molecular weight is 547 g/mol. The second-order valence-corrected chi connectivity index (χ2v) is 13.7. The normalized spacial score (nSPS) is 40.0. The number of esters is 3. The Kier molecular flexibility index (Phi) is 8.90. The zero-order chi connectivity index (χ0) is 28.7. The van der Waals surface area contributed by atoms with Crippen LogP contribution >= 0.6 is 0 Å². The van der Waals surface area contributed by atoms with E-state index in [0.29, 0.717) is 25.2 Å². The number of hydrogen-bond acceptors (Lipinski definition) is 7. The number of ether oxygens (including phenoxy) is 3. The lowest BCUT2D eigenvalue weighted by molar-refractivity contribution is -0.208. The number of fused-ring (bicyclic) bond motifs is 5. The Morgan fingerprint density at radius 2 is 1.69 bits per heavy atom. The van der Waals surface area contributed by atoms with Crippen molar-refractivity contribution in [3.63, 3.8) is 0 Å². The first kappa shape index (κ1) is 30.1. The van der Waals surface area contributed by atoms with E-state index in [1.165, 1.54) is 20.8 Å². The summed E-state index contributed by atoms with van der Waals surface area (Å²) in [5, 5.41) is 10.5. The van der Waals surface area contributed by atoms with Crippen LogP contribution < -0.4 is 0 Å². The maximum atomic E-state index is 12.7. The van der Waals surface area contributed by atoms with Gasteiger partial charge in [0.25, 0.3) is 0 Å². The topological polar surface area (TPSA) is 99.1 Å². The Morgan fingerprint density at radius 1 is 1.00 bits per heavy atom. The summed E-state index contributed by atoms with van der Waals surface area (Å²) in [6, 6.07) is 0. The van der Waals surface area contributed by atoms with Crippen LogP contribution in [0, 0.1) is 40.9 Å². The summed E-state index contributed by atoms with van der Waals surface area (Å²) in [5.41, 5.74) is 0.234. The second-order valence-electron chi connectivity index (χ2n) is 13.7. The van der Waals surface area contributed by atoms with E-state index in [1.54, 1.807) is 0 Å². The molecule has 0 radical (unpaired) electrons. The second kappa shape index (κ2) is 11.5. The molecule has 0 bridgehead atoms. The molecular weight excluding hydrogens is 496 g/mol. The third kappa shape index (κ3) is 5.80. The Balaban J connectivity index is 1.81. The lowest BCUT2D eigenvalue weighted by Crippen LogP contribution is -2.62. The number of hydrogen-bond donors (Lipinski definition) is 1. The van der Waals surface area contributed by atoms with Gasteiger partial charge in [-0.3, -0.25) is 14.4 Å². The van der Waals surface area contributed by atoms with Crippen molar-refractivity contribution in [2.75, 3.05) is 0 Å². The minimum absolute atomic E-state index is 0.0493. The molecule has 0 aliphatic heterocycles. The van der Waals surface area contributed by atoms with E-state index in [4.69, 9.17) is 14.2 Å². The maximum Gasteiger partial charge on any atom is 0.303 e. The van der Waals surface area contributed by atoms with E-state index < -0.39 is 17.8 Å². The summed E-state index contributed by atoms with van der Waals surface area (Å²) in [5.74, 6) is -0.313. The number of aliphatic hydroxyl groups excluding tert-OH is 1. The standard InChI is InChI=1S/C32H50O7/c1-18(2)9-8-10-19(3)26-17-28(38-21(5)34)30-29-25(12-14-32(26,30)39-22(6)35)31(7)13-11-24(36)15-23(31)16-27(29)37-20(4)33/h16,18-19,24-30,36H,8-15,17H2,1-7H3/t19?,24-,25?,26-,27+,28-,29?,30?,31+,32+/m1/s1. The Bertz CT molecular complexity index is 972. The molecule has 3 saturated carbocycles. The summed E-state index contributed by atoms with van der Waals surface area (Å²) >= 11 is 0. The molecule has 7 heteroatoms. The van der Waals surface area contributed by atoms with Gasteiger partial charge in [-0.15, -0.1) is 0 Å². The maximum absolute atomic E-state index is 12.7. The van der Waals surface area contributed by atoms with Gasteiger partial charge in [0.2, 0.25) is 0 Å². The molecule has 4 rings (SSSR count). The van der Waals surface area contributed by atoms with Crippen LogP contribution in [0.4, 0.5) is 0 Å². The number of rotatable bonds is 8. The summed E-state index contributed by atoms with van der Waals surface area (Å²) in [4.78, 5) is 37.5. The van der Waals surface area contributed by atoms with Crippen LogP contribution in [-0.4, -0.2) is 46.9 Å². The molecule has 0 saturated heterocycles. The fourth-order valence-corrected chi connectivity index (χ4v) is 9.16. The molecule has 0 aromatic carbocycles. The van der Waals surface area contributed by atoms with E-state index in [1.807, 2.05) is 0 Å². The van der Waals surface area contributed by atoms with Crippen molar-refractivity contribution >= 4 is 17.9 Å². The smallest absolute Gasteiger partial charge is 0.303 e. The molecule has 0 heterocycles. The third-order valence-corrected chi connectivity index (χ3v) is 10.6. The highest BCUT2D eigenvalue weighted by molar-refractivity contribution is 5.68. The van der Waals surface area contributed by atoms with Gasteiger partial charge in [0, 0.05) is 38.5 Å². The van der Waals surface area contributed by atoms with Crippen LogP contribution in [0.25, 0.3) is 0 Å². The lowest BCUT2D eigenvalue weighted by Gasteiger charge is -2.59. The molecule has 3 fully saturated rings. The summed E-state index contributed by atoms with van der Waals surface area (Å²) in [6.07, 6.45) is 8.35. The van der Waals surface area contributed by atoms with Gasteiger partial charge in [-0.05, 0) is 67.8 Å². The van der Waals surface area contributed by atoms with Gasteiger partial charge in [-0.2, -0.15) is 0 Å². The van der Waals surface area contributed by atoms with Gasteiger partial charge in [0.1, 0.15) is 17.8 Å². The number of carbonyl (C=O) groups is 3. The molecule has 4 aliphatic rings. The van der Waals surface area contributed by atoms with Gasteiger partial charge < -0.3 is 19.3 Å². The Morgan fingerprint density at radius 3 is 2.31 bits per heavy atom. The van der Waals surface area contributed by atoms with Crippen molar-refractivity contribution in [2.24, 2.45) is 40.9 Å². The summed E-state index contributed by atoms with van der Waals surface area (Å²) in [7, 11) is 0. The van der Waals surface area contributed by atoms with E-state index in [0.717, 1.165) is 44.1 Å². The predicted molar refractivity (Wildman–Crippen MR) is 147 cm³/mol. The van der Waals surface area contributed by atoms with Crippen molar-refractivity contribution in [1.29, 1.82) is 0 Å². The molecule has 0 aromatic rings. The first-order chi connectivity index (χ1) is 18.3. The SMILES string of the molecule is CC(=O)O[C@H]1C=C2C[C@H](O)CC[C@]2(C)C2CC[C@@]3(OC(C)=O)C(C21)[C@H](OC(C)=O)C[C@@H]3C(C)CCCC(C)C. The molecule has 39 heavy (non-hydrogen) atoms. The number of aliphatic hydroxyl groups is 1. The van der Waals surface area contributed by atoms with Crippen LogP contribution in [-0.2, 0) is 28.6 Å². The van der Waals surface area contributed by atoms with Crippen LogP contribution in [0.5, 0.6) is 0 Å². The van der Waals surface area contributed by atoms with Crippen molar-refractivity contribution in [1.82, 2.24) is 0 Å². The monoisotopic (exact) mass is 546 g/mol. The molecule has 4 unspecified atom stereocenters.